The van der Waals surface area contributed by atoms with E-state index in [1.807, 2.05) is 0 Å². The molecule has 0 saturated heterocycles. The van der Waals surface area contributed by atoms with Crippen LogP contribution in [0.5, 0.6) is 0 Å². The SMILES string of the molecule is CCCC(O)(OC(C)(C)C)C(=O)O. The monoisotopic (exact) mass is 190 g/mol. The summed E-state index contributed by atoms with van der Waals surface area (Å²) in [6, 6.07) is 0. The molecule has 0 rings (SSSR count). The van der Waals surface area contributed by atoms with Gasteiger partial charge in [0.25, 0.3) is 5.79 Å². The number of carboxylic acids is 1. The molecule has 0 aliphatic carbocycles. The summed E-state index contributed by atoms with van der Waals surface area (Å²) in [5.41, 5.74) is -0.664. The van der Waals surface area contributed by atoms with E-state index in [2.05, 4.69) is 0 Å². The lowest BCUT2D eigenvalue weighted by Crippen LogP contribution is -2.46. The molecule has 4 nitrogen and oxygen atoms in total. The summed E-state index contributed by atoms with van der Waals surface area (Å²) in [4.78, 5) is 10.7. The number of hydrogen-bond acceptors (Lipinski definition) is 3. The van der Waals surface area contributed by atoms with Crippen LogP contribution in [-0.2, 0) is 9.53 Å². The molecular weight excluding hydrogens is 172 g/mol. The van der Waals surface area contributed by atoms with Crippen molar-refractivity contribution in [2.45, 2.75) is 51.9 Å². The minimum atomic E-state index is -2.05. The highest BCUT2D eigenvalue weighted by molar-refractivity contribution is 5.75. The summed E-state index contributed by atoms with van der Waals surface area (Å²) in [6.07, 6.45) is 0.651. The van der Waals surface area contributed by atoms with Crippen LogP contribution in [-0.4, -0.2) is 27.6 Å². The fraction of sp³-hybridized carbons (Fsp3) is 0.889. The van der Waals surface area contributed by atoms with Crippen LogP contribution in [0.1, 0.15) is 40.5 Å². The van der Waals surface area contributed by atoms with Gasteiger partial charge in [0, 0.05) is 6.42 Å². The Kier molecular flexibility index (Phi) is 3.88. The lowest BCUT2D eigenvalue weighted by Gasteiger charge is -2.31. The maximum absolute atomic E-state index is 10.7. The number of aliphatic hydroxyl groups is 1. The third-order valence-electron chi connectivity index (χ3n) is 1.40. The number of carbonyl (C=O) groups is 1. The number of ether oxygens (including phenoxy) is 1. The standard InChI is InChI=1S/C9H18O4/c1-5-6-9(12,7(10)11)13-8(2,3)4/h12H,5-6H2,1-4H3,(H,10,11). The Morgan fingerprint density at radius 3 is 2.08 bits per heavy atom. The largest absolute Gasteiger partial charge is 0.477 e. The lowest BCUT2D eigenvalue weighted by molar-refractivity contribution is -0.258. The number of hydrogen-bond donors (Lipinski definition) is 2. The molecule has 0 amide bonds. The molecule has 0 radical (unpaired) electrons. The van der Waals surface area contributed by atoms with E-state index >= 15 is 0 Å². The van der Waals surface area contributed by atoms with E-state index < -0.39 is 17.4 Å². The Bertz CT molecular complexity index is 183. The van der Waals surface area contributed by atoms with Gasteiger partial charge in [-0.25, -0.2) is 4.79 Å². The zero-order valence-electron chi connectivity index (χ0n) is 8.63. The summed E-state index contributed by atoms with van der Waals surface area (Å²) >= 11 is 0. The molecule has 13 heavy (non-hydrogen) atoms. The quantitative estimate of drug-likeness (QED) is 0.657. The molecule has 1 unspecified atom stereocenters. The first-order chi connectivity index (χ1) is 5.71. The molecule has 0 heterocycles. The van der Waals surface area contributed by atoms with Gasteiger partial charge < -0.3 is 14.9 Å². The maximum Gasteiger partial charge on any atom is 0.364 e. The first kappa shape index (κ1) is 12.4. The average molecular weight is 190 g/mol. The third-order valence-corrected chi connectivity index (χ3v) is 1.40. The molecule has 0 aromatic rings. The molecule has 0 aliphatic rings. The van der Waals surface area contributed by atoms with Crippen molar-refractivity contribution in [2.75, 3.05) is 0 Å². The van der Waals surface area contributed by atoms with Crippen LogP contribution < -0.4 is 0 Å². The van der Waals surface area contributed by atoms with Crippen LogP contribution in [0.3, 0.4) is 0 Å². The van der Waals surface area contributed by atoms with Gasteiger partial charge in [-0.1, -0.05) is 13.3 Å². The van der Waals surface area contributed by atoms with Gasteiger partial charge in [-0.3, -0.25) is 0 Å². The highest BCUT2D eigenvalue weighted by Crippen LogP contribution is 2.22. The molecule has 0 aliphatic heterocycles. The molecular formula is C9H18O4. The first-order valence-electron chi connectivity index (χ1n) is 4.37. The van der Waals surface area contributed by atoms with Crippen LogP contribution in [0.15, 0.2) is 0 Å². The van der Waals surface area contributed by atoms with Crippen LogP contribution in [0.2, 0.25) is 0 Å². The second kappa shape index (κ2) is 4.07. The third kappa shape index (κ3) is 4.24. The Labute approximate surface area is 78.5 Å². The van der Waals surface area contributed by atoms with Crippen LogP contribution in [0.25, 0.3) is 0 Å². The van der Waals surface area contributed by atoms with Gasteiger partial charge in [-0.15, -0.1) is 0 Å². The molecule has 0 aromatic heterocycles. The van der Waals surface area contributed by atoms with Crippen LogP contribution in [0, 0.1) is 0 Å². The lowest BCUT2D eigenvalue weighted by atomic mass is 10.1. The van der Waals surface area contributed by atoms with Gasteiger partial charge >= 0.3 is 5.97 Å². The molecule has 1 atom stereocenters. The topological polar surface area (TPSA) is 66.8 Å². The van der Waals surface area contributed by atoms with E-state index in [-0.39, 0.29) is 6.42 Å². The Balaban J connectivity index is 4.51. The predicted molar refractivity (Wildman–Crippen MR) is 48.3 cm³/mol. The summed E-state index contributed by atoms with van der Waals surface area (Å²) in [5, 5.41) is 18.4. The Morgan fingerprint density at radius 2 is 1.85 bits per heavy atom. The van der Waals surface area contributed by atoms with Gasteiger partial charge in [-0.2, -0.15) is 0 Å². The minimum absolute atomic E-state index is 0.0968. The molecule has 0 saturated carbocycles. The van der Waals surface area contributed by atoms with E-state index in [0.717, 1.165) is 0 Å². The summed E-state index contributed by atoms with van der Waals surface area (Å²) < 4.78 is 5.08. The van der Waals surface area contributed by atoms with Crippen molar-refractivity contribution < 1.29 is 19.7 Å². The number of aliphatic carboxylic acids is 1. The smallest absolute Gasteiger partial charge is 0.364 e. The Morgan fingerprint density at radius 1 is 1.38 bits per heavy atom. The molecule has 2 N–H and O–H groups in total. The summed E-state index contributed by atoms with van der Waals surface area (Å²) in [7, 11) is 0. The van der Waals surface area contributed by atoms with Gasteiger partial charge in [0.15, 0.2) is 0 Å². The van der Waals surface area contributed by atoms with Crippen molar-refractivity contribution in [3.05, 3.63) is 0 Å². The zero-order chi connectivity index (χ0) is 10.7. The van der Waals surface area contributed by atoms with E-state index in [9.17, 15) is 9.90 Å². The molecule has 0 bridgehead atoms. The van der Waals surface area contributed by atoms with Crippen molar-refractivity contribution in [1.82, 2.24) is 0 Å². The second-order valence-electron chi connectivity index (χ2n) is 4.05. The van der Waals surface area contributed by atoms with Gasteiger partial charge in [0.05, 0.1) is 5.60 Å². The average Bonchev–Trinajstić information content (AvgIpc) is 1.82. The van der Waals surface area contributed by atoms with Crippen LogP contribution in [0.4, 0.5) is 0 Å². The van der Waals surface area contributed by atoms with Crippen molar-refractivity contribution in [2.24, 2.45) is 0 Å². The maximum atomic E-state index is 10.7. The fourth-order valence-electron chi connectivity index (χ4n) is 1.05. The Hall–Kier alpha value is -0.610. The predicted octanol–water partition coefficient (Wildman–Crippen LogP) is 1.37. The van der Waals surface area contributed by atoms with Crippen molar-refractivity contribution in [3.63, 3.8) is 0 Å². The van der Waals surface area contributed by atoms with E-state index in [0.29, 0.717) is 6.42 Å². The molecule has 0 spiro atoms. The summed E-state index contributed by atoms with van der Waals surface area (Å²) in [6.45, 7) is 6.91. The minimum Gasteiger partial charge on any atom is -0.477 e. The zero-order valence-corrected chi connectivity index (χ0v) is 8.63. The van der Waals surface area contributed by atoms with E-state index in [1.54, 1.807) is 27.7 Å². The molecule has 0 fully saturated rings. The molecule has 4 heteroatoms. The van der Waals surface area contributed by atoms with Gasteiger partial charge in [0.2, 0.25) is 0 Å². The van der Waals surface area contributed by atoms with Gasteiger partial charge in [-0.05, 0) is 20.8 Å². The van der Waals surface area contributed by atoms with E-state index in [1.165, 1.54) is 0 Å². The molecule has 0 aromatic carbocycles. The highest BCUT2D eigenvalue weighted by Gasteiger charge is 2.39. The normalized spacial score (nSPS) is 16.7. The molecule has 78 valence electrons. The highest BCUT2D eigenvalue weighted by atomic mass is 16.7. The number of carboxylic acid groups (broad SMARTS) is 1. The van der Waals surface area contributed by atoms with Gasteiger partial charge in [0.1, 0.15) is 0 Å². The fourth-order valence-corrected chi connectivity index (χ4v) is 1.05. The number of rotatable bonds is 4. The van der Waals surface area contributed by atoms with Crippen molar-refractivity contribution in [3.8, 4) is 0 Å². The van der Waals surface area contributed by atoms with Crippen LogP contribution >= 0.6 is 0 Å². The van der Waals surface area contributed by atoms with Crippen molar-refractivity contribution in [1.29, 1.82) is 0 Å². The summed E-state index contributed by atoms with van der Waals surface area (Å²) in [5.74, 6) is -3.38. The van der Waals surface area contributed by atoms with E-state index in [4.69, 9.17) is 9.84 Å². The second-order valence-corrected chi connectivity index (χ2v) is 4.05. The van der Waals surface area contributed by atoms with Crippen molar-refractivity contribution >= 4 is 5.97 Å². The first-order valence-corrected chi connectivity index (χ1v) is 4.37.